The molecule has 0 radical (unpaired) electrons. The van der Waals surface area contributed by atoms with Crippen LogP contribution in [0.3, 0.4) is 0 Å². The maximum Gasteiger partial charge on any atom is 0.178 e. The maximum atomic E-state index is 4.59. The molecule has 4 aromatic rings. The van der Waals surface area contributed by atoms with Gasteiger partial charge in [-0.1, -0.05) is 90.5 Å². The van der Waals surface area contributed by atoms with Crippen molar-refractivity contribution in [3.05, 3.63) is 113 Å². The van der Waals surface area contributed by atoms with Gasteiger partial charge < -0.3 is 0 Å². The van der Waals surface area contributed by atoms with E-state index in [1.807, 2.05) is 4.68 Å². The van der Waals surface area contributed by atoms with E-state index in [1.165, 1.54) is 27.8 Å². The molecule has 1 fully saturated rings. The van der Waals surface area contributed by atoms with Gasteiger partial charge >= 0.3 is 0 Å². The Morgan fingerprint density at radius 2 is 1.56 bits per heavy atom. The summed E-state index contributed by atoms with van der Waals surface area (Å²) in [5.74, 6) is 0.871. The van der Waals surface area contributed by atoms with E-state index in [2.05, 4.69) is 131 Å². The van der Waals surface area contributed by atoms with Gasteiger partial charge in [-0.15, -0.1) is 5.10 Å². The van der Waals surface area contributed by atoms with Gasteiger partial charge in [0.2, 0.25) is 0 Å². The number of benzene rings is 3. The number of aryl methyl sites for hydroxylation is 3. The number of hydrogen-bond donors (Lipinski definition) is 0. The van der Waals surface area contributed by atoms with Gasteiger partial charge in [0.1, 0.15) is 0 Å². The highest BCUT2D eigenvalue weighted by molar-refractivity contribution is 5.49. The van der Waals surface area contributed by atoms with Gasteiger partial charge in [0.15, 0.2) is 5.82 Å². The number of para-hydroxylation sites is 1. The highest BCUT2D eigenvalue weighted by Gasteiger charge is 2.31. The van der Waals surface area contributed by atoms with E-state index in [4.69, 9.17) is 0 Å². The summed E-state index contributed by atoms with van der Waals surface area (Å²) in [5.41, 5.74) is 7.12. The molecule has 184 valence electrons. The van der Waals surface area contributed by atoms with E-state index in [1.54, 1.807) is 0 Å². The highest BCUT2D eigenvalue weighted by Crippen LogP contribution is 2.31. The number of hydrogen-bond acceptors (Lipinski definition) is 5. The Hall–Kier alpha value is -3.61. The zero-order valence-corrected chi connectivity index (χ0v) is 21.4. The van der Waals surface area contributed by atoms with Crippen molar-refractivity contribution in [3.63, 3.8) is 0 Å². The molecule has 1 unspecified atom stereocenters. The van der Waals surface area contributed by atoms with Gasteiger partial charge in [-0.05, 0) is 53.5 Å². The molecule has 1 aliphatic rings. The number of aromatic nitrogens is 4. The summed E-state index contributed by atoms with van der Waals surface area (Å²) in [6, 6.07) is 25.6. The molecule has 0 aliphatic carbocycles. The Morgan fingerprint density at radius 3 is 2.28 bits per heavy atom. The minimum Gasteiger partial charge on any atom is -0.297 e. The van der Waals surface area contributed by atoms with Crippen molar-refractivity contribution in [3.8, 4) is 5.69 Å². The van der Waals surface area contributed by atoms with Gasteiger partial charge in [-0.25, -0.2) is 0 Å². The Kier molecular flexibility index (Phi) is 7.35. The topological polar surface area (TPSA) is 50.1 Å². The second-order valence-electron chi connectivity index (χ2n) is 9.66. The average Bonchev–Trinajstić information content (AvgIpc) is 3.34. The first-order chi connectivity index (χ1) is 17.6. The fraction of sp³-hybridized carbons (Fsp3) is 0.300. The molecule has 0 saturated carbocycles. The lowest BCUT2D eigenvalue weighted by Gasteiger charge is -2.38. The van der Waals surface area contributed by atoms with Crippen molar-refractivity contribution >= 4 is 6.08 Å². The second kappa shape index (κ2) is 11.0. The van der Waals surface area contributed by atoms with Crippen LogP contribution in [0.5, 0.6) is 0 Å². The van der Waals surface area contributed by atoms with Crippen molar-refractivity contribution in [2.45, 2.75) is 26.8 Å². The minimum atomic E-state index is -0.0130. The van der Waals surface area contributed by atoms with Crippen LogP contribution in [0.25, 0.3) is 11.8 Å². The Balaban J connectivity index is 1.39. The lowest BCUT2D eigenvalue weighted by atomic mass is 10.0. The zero-order valence-electron chi connectivity index (χ0n) is 21.4. The van der Waals surface area contributed by atoms with Crippen LogP contribution < -0.4 is 0 Å². The standard InChI is InChI=1S/C30H34N6/c1-23-10-7-16-27(22-23)29(30-31-32-33-36(30)28-24(2)11-8-12-25(28)3)35-20-18-34(19-21-35)17-9-15-26-13-5-4-6-14-26/h4-16,22,29H,17-21H2,1-3H3/b15-9+. The van der Waals surface area contributed by atoms with E-state index < -0.39 is 0 Å². The first kappa shape index (κ1) is 24.1. The largest absolute Gasteiger partial charge is 0.297 e. The maximum absolute atomic E-state index is 4.59. The molecule has 6 nitrogen and oxygen atoms in total. The Bertz CT molecular complexity index is 1300. The molecule has 6 heteroatoms. The van der Waals surface area contributed by atoms with Crippen LogP contribution in [0.2, 0.25) is 0 Å². The predicted octanol–water partition coefficient (Wildman–Crippen LogP) is 5.01. The van der Waals surface area contributed by atoms with Crippen LogP contribution in [0, 0.1) is 20.8 Å². The molecule has 3 aromatic carbocycles. The summed E-state index contributed by atoms with van der Waals surface area (Å²) in [4.78, 5) is 5.04. The first-order valence-corrected chi connectivity index (χ1v) is 12.7. The van der Waals surface area contributed by atoms with Crippen LogP contribution in [0.15, 0.2) is 78.9 Å². The van der Waals surface area contributed by atoms with Crippen LogP contribution in [-0.2, 0) is 0 Å². The molecule has 0 spiro atoms. The monoisotopic (exact) mass is 478 g/mol. The molecule has 1 aliphatic heterocycles. The number of tetrazole rings is 1. The molecular formula is C30H34N6. The summed E-state index contributed by atoms with van der Waals surface area (Å²) in [7, 11) is 0. The van der Waals surface area contributed by atoms with E-state index in [9.17, 15) is 0 Å². The highest BCUT2D eigenvalue weighted by atomic mass is 15.6. The Morgan fingerprint density at radius 1 is 0.833 bits per heavy atom. The molecule has 0 amide bonds. The van der Waals surface area contributed by atoms with Gasteiger partial charge in [-0.3, -0.25) is 9.80 Å². The van der Waals surface area contributed by atoms with Gasteiger partial charge in [0.25, 0.3) is 0 Å². The fourth-order valence-electron chi connectivity index (χ4n) is 5.13. The quantitative estimate of drug-likeness (QED) is 0.374. The fourth-order valence-corrected chi connectivity index (χ4v) is 5.13. The summed E-state index contributed by atoms with van der Waals surface area (Å²) in [6.45, 7) is 11.3. The molecule has 5 rings (SSSR count). The molecule has 1 atom stereocenters. The molecule has 0 N–H and O–H groups in total. The molecule has 1 aromatic heterocycles. The van der Waals surface area contributed by atoms with E-state index in [-0.39, 0.29) is 6.04 Å². The van der Waals surface area contributed by atoms with Crippen molar-refractivity contribution in [1.82, 2.24) is 30.0 Å². The van der Waals surface area contributed by atoms with E-state index in [0.717, 1.165) is 44.2 Å². The molecule has 2 heterocycles. The summed E-state index contributed by atoms with van der Waals surface area (Å²) in [5, 5.41) is 13.2. The lowest BCUT2D eigenvalue weighted by molar-refractivity contribution is 0.113. The van der Waals surface area contributed by atoms with Crippen molar-refractivity contribution in [1.29, 1.82) is 0 Å². The Labute approximate surface area is 213 Å². The van der Waals surface area contributed by atoms with Crippen LogP contribution >= 0.6 is 0 Å². The van der Waals surface area contributed by atoms with Crippen molar-refractivity contribution < 1.29 is 0 Å². The predicted molar refractivity (Wildman–Crippen MR) is 145 cm³/mol. The summed E-state index contributed by atoms with van der Waals surface area (Å²) >= 11 is 0. The van der Waals surface area contributed by atoms with Gasteiger partial charge in [0.05, 0.1) is 11.7 Å². The van der Waals surface area contributed by atoms with E-state index >= 15 is 0 Å². The lowest BCUT2D eigenvalue weighted by Crippen LogP contribution is -2.48. The molecular weight excluding hydrogens is 444 g/mol. The number of rotatable bonds is 7. The average molecular weight is 479 g/mol. The third-order valence-corrected chi connectivity index (χ3v) is 6.99. The minimum absolute atomic E-state index is 0.0130. The van der Waals surface area contributed by atoms with Gasteiger partial charge in [-0.2, -0.15) is 4.68 Å². The number of nitrogens with zero attached hydrogens (tertiary/aromatic N) is 6. The van der Waals surface area contributed by atoms with E-state index in [0.29, 0.717) is 0 Å². The SMILES string of the molecule is Cc1cccc(C(c2nnnn2-c2c(C)cccc2C)N2CCN(C/C=C/c3ccccc3)CC2)c1. The summed E-state index contributed by atoms with van der Waals surface area (Å²) in [6.07, 6.45) is 4.48. The number of piperazine rings is 1. The van der Waals surface area contributed by atoms with Crippen LogP contribution in [0.4, 0.5) is 0 Å². The zero-order chi connectivity index (χ0) is 24.9. The molecule has 1 saturated heterocycles. The van der Waals surface area contributed by atoms with Crippen molar-refractivity contribution in [2.24, 2.45) is 0 Å². The summed E-state index contributed by atoms with van der Waals surface area (Å²) < 4.78 is 1.95. The van der Waals surface area contributed by atoms with Crippen molar-refractivity contribution in [2.75, 3.05) is 32.7 Å². The third kappa shape index (κ3) is 5.30. The molecule has 0 bridgehead atoms. The first-order valence-electron chi connectivity index (χ1n) is 12.7. The molecule has 36 heavy (non-hydrogen) atoms. The van der Waals surface area contributed by atoms with Crippen LogP contribution in [0.1, 0.15) is 39.7 Å². The van der Waals surface area contributed by atoms with Crippen LogP contribution in [-0.4, -0.2) is 62.7 Å². The van der Waals surface area contributed by atoms with Gasteiger partial charge in [0, 0.05) is 32.7 Å². The smallest absolute Gasteiger partial charge is 0.178 e. The normalized spacial score (nSPS) is 16.0. The second-order valence-corrected chi connectivity index (χ2v) is 9.66. The third-order valence-electron chi connectivity index (χ3n) is 6.99.